The monoisotopic (exact) mass is 393 g/mol. The van der Waals surface area contributed by atoms with Gasteiger partial charge in [0, 0.05) is 19.3 Å². The van der Waals surface area contributed by atoms with Crippen molar-refractivity contribution in [2.24, 2.45) is 5.16 Å². The molecule has 0 amide bonds. The second-order valence-electron chi connectivity index (χ2n) is 7.15. The Balaban J connectivity index is 1.76. The van der Waals surface area contributed by atoms with Crippen LogP contribution in [-0.2, 0) is 13.0 Å². The Hall–Kier alpha value is -3.68. The molecule has 0 spiro atoms. The molecule has 0 saturated carbocycles. The SMILES string of the molecule is CC1=NOc2c(N3CCc4ccccc4C3)c(F)cc3c(=O)c(C(=O)O)cn1c23. The van der Waals surface area contributed by atoms with Gasteiger partial charge in [0.1, 0.15) is 16.8 Å². The van der Waals surface area contributed by atoms with Crippen molar-refractivity contribution in [3.63, 3.8) is 0 Å². The number of nitrogens with zero attached hydrogens (tertiary/aromatic N) is 3. The minimum atomic E-state index is -1.38. The smallest absolute Gasteiger partial charge is 0.341 e. The highest BCUT2D eigenvalue weighted by molar-refractivity contribution is 6.03. The van der Waals surface area contributed by atoms with Gasteiger partial charge < -0.3 is 14.8 Å². The molecule has 2 aromatic carbocycles. The maximum atomic E-state index is 15.2. The molecule has 2 aliphatic rings. The van der Waals surface area contributed by atoms with E-state index in [1.807, 2.05) is 23.1 Å². The van der Waals surface area contributed by atoms with Crippen LogP contribution in [0.3, 0.4) is 0 Å². The second-order valence-corrected chi connectivity index (χ2v) is 7.15. The first-order valence-corrected chi connectivity index (χ1v) is 9.14. The van der Waals surface area contributed by atoms with Crippen molar-refractivity contribution in [3.8, 4) is 5.75 Å². The zero-order valence-electron chi connectivity index (χ0n) is 15.5. The summed E-state index contributed by atoms with van der Waals surface area (Å²) < 4.78 is 16.7. The molecule has 3 heterocycles. The lowest BCUT2D eigenvalue weighted by Gasteiger charge is -2.33. The number of aromatic carboxylic acids is 1. The van der Waals surface area contributed by atoms with Crippen LogP contribution in [0.5, 0.6) is 5.75 Å². The number of carbonyl (C=O) groups is 1. The Morgan fingerprint density at radius 3 is 2.79 bits per heavy atom. The average Bonchev–Trinajstić information content (AvgIpc) is 2.71. The number of benzene rings is 2. The van der Waals surface area contributed by atoms with Crippen LogP contribution in [0, 0.1) is 5.82 Å². The number of hydrogen-bond donors (Lipinski definition) is 1. The first-order chi connectivity index (χ1) is 14.0. The van der Waals surface area contributed by atoms with Gasteiger partial charge in [0.15, 0.2) is 11.7 Å². The number of pyridine rings is 1. The Bertz CT molecular complexity index is 1300. The maximum absolute atomic E-state index is 15.2. The molecule has 1 aromatic heterocycles. The fourth-order valence-corrected chi connectivity index (χ4v) is 4.05. The number of rotatable bonds is 2. The van der Waals surface area contributed by atoms with Crippen LogP contribution in [0.2, 0.25) is 0 Å². The summed E-state index contributed by atoms with van der Waals surface area (Å²) in [6, 6.07) is 9.08. The topological polar surface area (TPSA) is 84.1 Å². The highest BCUT2D eigenvalue weighted by Crippen LogP contribution is 2.41. The third-order valence-electron chi connectivity index (χ3n) is 5.47. The summed E-state index contributed by atoms with van der Waals surface area (Å²) in [4.78, 5) is 31.5. The summed E-state index contributed by atoms with van der Waals surface area (Å²) in [6.45, 7) is 2.70. The van der Waals surface area contributed by atoms with Crippen molar-refractivity contribution in [2.45, 2.75) is 19.9 Å². The fraction of sp³-hybridized carbons (Fsp3) is 0.190. The molecule has 29 heavy (non-hydrogen) atoms. The van der Waals surface area contributed by atoms with Crippen LogP contribution in [-0.4, -0.2) is 28.0 Å². The summed E-state index contributed by atoms with van der Waals surface area (Å²) in [6.07, 6.45) is 1.96. The number of carboxylic acids is 1. The van der Waals surface area contributed by atoms with Gasteiger partial charge in [-0.05, 0) is 30.5 Å². The third-order valence-corrected chi connectivity index (χ3v) is 5.47. The highest BCUT2D eigenvalue weighted by atomic mass is 19.1. The van der Waals surface area contributed by atoms with E-state index in [9.17, 15) is 14.7 Å². The molecule has 2 aliphatic heterocycles. The van der Waals surface area contributed by atoms with E-state index >= 15 is 4.39 Å². The number of halogens is 1. The van der Waals surface area contributed by atoms with E-state index in [2.05, 4.69) is 11.2 Å². The van der Waals surface area contributed by atoms with E-state index in [1.165, 1.54) is 16.3 Å². The van der Waals surface area contributed by atoms with Crippen molar-refractivity contribution >= 4 is 28.4 Å². The average molecular weight is 393 g/mol. The van der Waals surface area contributed by atoms with E-state index in [1.54, 1.807) is 6.92 Å². The lowest BCUT2D eigenvalue weighted by molar-refractivity contribution is 0.0695. The lowest BCUT2D eigenvalue weighted by atomic mass is 9.98. The Labute approximate surface area is 164 Å². The molecule has 5 rings (SSSR count). The van der Waals surface area contributed by atoms with E-state index in [0.29, 0.717) is 24.4 Å². The first-order valence-electron chi connectivity index (χ1n) is 9.14. The summed E-state index contributed by atoms with van der Waals surface area (Å²) >= 11 is 0. The van der Waals surface area contributed by atoms with Gasteiger partial charge in [-0.2, -0.15) is 0 Å². The largest absolute Gasteiger partial charge is 0.477 e. The summed E-state index contributed by atoms with van der Waals surface area (Å²) in [5.74, 6) is -1.54. The molecule has 0 radical (unpaired) electrons. The van der Waals surface area contributed by atoms with Gasteiger partial charge in [-0.15, -0.1) is 0 Å². The van der Waals surface area contributed by atoms with Crippen molar-refractivity contribution < 1.29 is 19.1 Å². The quantitative estimate of drug-likeness (QED) is 0.724. The Morgan fingerprint density at radius 1 is 1.28 bits per heavy atom. The highest BCUT2D eigenvalue weighted by Gasteiger charge is 2.30. The summed E-state index contributed by atoms with van der Waals surface area (Å²) in [5.41, 5.74) is 1.66. The third kappa shape index (κ3) is 2.52. The summed E-state index contributed by atoms with van der Waals surface area (Å²) in [5, 5.41) is 13.3. The van der Waals surface area contributed by atoms with Gasteiger partial charge in [-0.25, -0.2) is 9.18 Å². The number of anilines is 1. The number of oxime groups is 1. The van der Waals surface area contributed by atoms with E-state index in [4.69, 9.17) is 4.84 Å². The van der Waals surface area contributed by atoms with Crippen LogP contribution < -0.4 is 15.2 Å². The predicted molar refractivity (Wildman–Crippen MR) is 105 cm³/mol. The Morgan fingerprint density at radius 2 is 2.03 bits per heavy atom. The number of carboxylic acid groups (broad SMARTS) is 1. The molecule has 1 N–H and O–H groups in total. The van der Waals surface area contributed by atoms with Crippen LogP contribution in [0.15, 0.2) is 46.5 Å². The van der Waals surface area contributed by atoms with Crippen molar-refractivity contribution in [1.82, 2.24) is 4.57 Å². The van der Waals surface area contributed by atoms with E-state index in [-0.39, 0.29) is 16.8 Å². The van der Waals surface area contributed by atoms with Crippen LogP contribution in [0.1, 0.15) is 28.4 Å². The van der Waals surface area contributed by atoms with Gasteiger partial charge >= 0.3 is 5.97 Å². The Kier molecular flexibility index (Phi) is 3.70. The molecule has 0 unspecified atom stereocenters. The molecular weight excluding hydrogens is 377 g/mol. The number of hydrogen-bond acceptors (Lipinski definition) is 5. The van der Waals surface area contributed by atoms with Crippen LogP contribution >= 0.6 is 0 Å². The molecule has 146 valence electrons. The number of fused-ring (bicyclic) bond motifs is 1. The molecule has 0 saturated heterocycles. The van der Waals surface area contributed by atoms with E-state index in [0.717, 1.165) is 18.1 Å². The van der Waals surface area contributed by atoms with Gasteiger partial charge in [0.25, 0.3) is 0 Å². The molecule has 7 nitrogen and oxygen atoms in total. The molecule has 3 aromatic rings. The first kappa shape index (κ1) is 17.4. The van der Waals surface area contributed by atoms with Gasteiger partial charge in [-0.3, -0.25) is 9.36 Å². The molecule has 0 atom stereocenters. The van der Waals surface area contributed by atoms with Crippen molar-refractivity contribution in [2.75, 3.05) is 11.4 Å². The van der Waals surface area contributed by atoms with Gasteiger partial charge in [0.05, 0.1) is 5.39 Å². The maximum Gasteiger partial charge on any atom is 0.341 e. The fourth-order valence-electron chi connectivity index (χ4n) is 4.05. The zero-order chi connectivity index (χ0) is 20.3. The standard InChI is InChI=1S/C21H16FN3O4/c1-11-23-29-20-17-14(19(26)15(21(27)28)10-25(11)17)8-16(22)18(20)24-7-6-12-4-2-3-5-13(12)9-24/h2-5,8,10H,6-7,9H2,1H3,(H,27,28). The van der Waals surface area contributed by atoms with Gasteiger partial charge in [0.2, 0.25) is 11.2 Å². The minimum absolute atomic E-state index is 0.0483. The summed E-state index contributed by atoms with van der Waals surface area (Å²) in [7, 11) is 0. The van der Waals surface area contributed by atoms with Gasteiger partial charge in [-0.1, -0.05) is 29.4 Å². The zero-order valence-corrected chi connectivity index (χ0v) is 15.5. The molecule has 0 fully saturated rings. The van der Waals surface area contributed by atoms with Crippen molar-refractivity contribution in [1.29, 1.82) is 0 Å². The van der Waals surface area contributed by atoms with Crippen molar-refractivity contribution in [3.05, 3.63) is 69.3 Å². The normalized spacial score (nSPS) is 15.0. The lowest BCUT2D eigenvalue weighted by Crippen LogP contribution is -2.32. The van der Waals surface area contributed by atoms with E-state index < -0.39 is 22.8 Å². The predicted octanol–water partition coefficient (Wildman–Crippen LogP) is 2.98. The minimum Gasteiger partial charge on any atom is -0.477 e. The molecule has 0 bridgehead atoms. The van der Waals surface area contributed by atoms with Crippen LogP contribution in [0.25, 0.3) is 10.9 Å². The number of aromatic nitrogens is 1. The molecule has 8 heteroatoms. The van der Waals surface area contributed by atoms with Crippen LogP contribution in [0.4, 0.5) is 10.1 Å². The molecular formula is C21H16FN3O4. The molecule has 0 aliphatic carbocycles. The second kappa shape index (κ2) is 6.16.